The first-order chi connectivity index (χ1) is 14.7. The molecule has 31 heavy (non-hydrogen) atoms. The summed E-state index contributed by atoms with van der Waals surface area (Å²) in [4.78, 5) is 13.4. The molecule has 162 valence electrons. The zero-order valence-corrected chi connectivity index (χ0v) is 18.1. The maximum Gasteiger partial charge on any atom is 0.314 e. The number of nitrogens with zero attached hydrogens (tertiary/aromatic N) is 2. The summed E-state index contributed by atoms with van der Waals surface area (Å²) in [5.41, 5.74) is 0.931. The molecule has 1 unspecified atom stereocenters. The van der Waals surface area contributed by atoms with E-state index < -0.39 is 21.2 Å². The second-order valence-corrected chi connectivity index (χ2v) is 9.33. The molecule has 1 aromatic heterocycles. The van der Waals surface area contributed by atoms with Crippen molar-refractivity contribution >= 4 is 9.84 Å². The molecule has 0 N–H and O–H groups in total. The van der Waals surface area contributed by atoms with Gasteiger partial charge in [0.05, 0.1) is 23.4 Å². The minimum atomic E-state index is -3.35. The molecule has 1 heterocycles. The van der Waals surface area contributed by atoms with E-state index in [1.165, 1.54) is 42.6 Å². The van der Waals surface area contributed by atoms with Crippen LogP contribution in [0.4, 0.5) is 4.39 Å². The van der Waals surface area contributed by atoms with E-state index in [0.717, 1.165) is 17.4 Å². The van der Waals surface area contributed by atoms with Gasteiger partial charge in [-0.15, -0.1) is 6.58 Å². The van der Waals surface area contributed by atoms with Crippen molar-refractivity contribution in [3.05, 3.63) is 83.6 Å². The van der Waals surface area contributed by atoms with Crippen LogP contribution in [0.15, 0.2) is 77.1 Å². The zero-order valence-electron chi connectivity index (χ0n) is 17.3. The molecule has 8 heteroatoms. The SMILES string of the molecule is C=CCC(C)COc1c(-c2ccc(S(C)(=O)=O)cc2)cnn(-c2ccc(F)cc2)c1=O. The predicted octanol–water partition coefficient (Wildman–Crippen LogP) is 4.03. The lowest BCUT2D eigenvalue weighted by atomic mass is 10.1. The molecule has 1 atom stereocenters. The Hall–Kier alpha value is -3.26. The van der Waals surface area contributed by atoms with Gasteiger partial charge in [-0.05, 0) is 54.3 Å². The molecular weight excluding hydrogens is 419 g/mol. The molecule has 0 spiro atoms. The van der Waals surface area contributed by atoms with Crippen molar-refractivity contribution < 1.29 is 17.5 Å². The number of allylic oxidation sites excluding steroid dienone is 1. The predicted molar refractivity (Wildman–Crippen MR) is 118 cm³/mol. The molecule has 0 saturated heterocycles. The van der Waals surface area contributed by atoms with Crippen LogP contribution in [0.3, 0.4) is 0 Å². The number of hydrogen-bond acceptors (Lipinski definition) is 5. The van der Waals surface area contributed by atoms with E-state index >= 15 is 0 Å². The first-order valence-electron chi connectivity index (χ1n) is 9.63. The van der Waals surface area contributed by atoms with Crippen LogP contribution in [0.25, 0.3) is 16.8 Å². The van der Waals surface area contributed by atoms with Crippen LogP contribution >= 0.6 is 0 Å². The number of aromatic nitrogens is 2. The maximum atomic E-state index is 13.3. The number of ether oxygens (including phenoxy) is 1. The second kappa shape index (κ2) is 9.26. The topological polar surface area (TPSA) is 78.3 Å². The highest BCUT2D eigenvalue weighted by Gasteiger charge is 2.18. The monoisotopic (exact) mass is 442 g/mol. The number of sulfone groups is 1. The molecule has 3 aromatic rings. The van der Waals surface area contributed by atoms with Crippen LogP contribution < -0.4 is 10.3 Å². The Balaban J connectivity index is 2.09. The van der Waals surface area contributed by atoms with E-state index in [2.05, 4.69) is 11.7 Å². The molecule has 0 amide bonds. The first-order valence-corrected chi connectivity index (χ1v) is 11.5. The van der Waals surface area contributed by atoms with Gasteiger partial charge in [0.15, 0.2) is 15.6 Å². The van der Waals surface area contributed by atoms with Crippen molar-refractivity contribution in [2.75, 3.05) is 12.9 Å². The van der Waals surface area contributed by atoms with E-state index in [-0.39, 0.29) is 23.2 Å². The maximum absolute atomic E-state index is 13.3. The van der Waals surface area contributed by atoms with Gasteiger partial charge in [0.25, 0.3) is 0 Å². The van der Waals surface area contributed by atoms with Gasteiger partial charge in [-0.2, -0.15) is 9.78 Å². The molecule has 0 aliphatic rings. The van der Waals surface area contributed by atoms with Crippen LogP contribution in [0, 0.1) is 11.7 Å². The molecule has 0 saturated carbocycles. The summed E-state index contributed by atoms with van der Waals surface area (Å²) >= 11 is 0. The fourth-order valence-corrected chi connectivity index (χ4v) is 3.64. The fourth-order valence-electron chi connectivity index (χ4n) is 3.01. The van der Waals surface area contributed by atoms with E-state index in [1.54, 1.807) is 18.2 Å². The Morgan fingerprint density at radius 3 is 2.39 bits per heavy atom. The number of halogens is 1. The molecule has 6 nitrogen and oxygen atoms in total. The van der Waals surface area contributed by atoms with Gasteiger partial charge in [0.2, 0.25) is 0 Å². The highest BCUT2D eigenvalue weighted by Crippen LogP contribution is 2.28. The minimum absolute atomic E-state index is 0.0855. The summed E-state index contributed by atoms with van der Waals surface area (Å²) in [7, 11) is -3.35. The van der Waals surface area contributed by atoms with Crippen molar-refractivity contribution in [3.63, 3.8) is 0 Å². The van der Waals surface area contributed by atoms with Gasteiger partial charge in [0.1, 0.15) is 5.82 Å². The molecule has 0 aliphatic carbocycles. The number of benzene rings is 2. The minimum Gasteiger partial charge on any atom is -0.487 e. The first kappa shape index (κ1) is 22.4. The third-order valence-electron chi connectivity index (χ3n) is 4.68. The van der Waals surface area contributed by atoms with E-state index in [1.807, 2.05) is 6.92 Å². The lowest BCUT2D eigenvalue weighted by Gasteiger charge is -2.16. The van der Waals surface area contributed by atoms with Crippen LogP contribution in [-0.2, 0) is 9.84 Å². The van der Waals surface area contributed by atoms with Gasteiger partial charge >= 0.3 is 5.56 Å². The van der Waals surface area contributed by atoms with Gasteiger partial charge in [-0.3, -0.25) is 4.79 Å². The van der Waals surface area contributed by atoms with Crippen molar-refractivity contribution in [2.45, 2.75) is 18.2 Å². The average Bonchev–Trinajstić information content (AvgIpc) is 2.73. The number of hydrogen-bond donors (Lipinski definition) is 0. The lowest BCUT2D eigenvalue weighted by Crippen LogP contribution is -2.25. The molecule has 0 bridgehead atoms. The zero-order chi connectivity index (χ0) is 22.6. The number of rotatable bonds is 8. The lowest BCUT2D eigenvalue weighted by molar-refractivity contribution is 0.257. The third kappa shape index (κ3) is 5.27. The molecule has 0 radical (unpaired) electrons. The summed E-state index contributed by atoms with van der Waals surface area (Å²) in [5.74, 6) is -0.207. The molecule has 3 rings (SSSR count). The van der Waals surface area contributed by atoms with Gasteiger partial charge < -0.3 is 4.74 Å². The van der Waals surface area contributed by atoms with Crippen molar-refractivity contribution in [3.8, 4) is 22.6 Å². The van der Waals surface area contributed by atoms with Gasteiger partial charge in [-0.25, -0.2) is 12.8 Å². The summed E-state index contributed by atoms with van der Waals surface area (Å²) in [6.45, 7) is 5.97. The van der Waals surface area contributed by atoms with E-state index in [0.29, 0.717) is 16.8 Å². The Kier molecular flexibility index (Phi) is 6.70. The average molecular weight is 443 g/mol. The summed E-state index contributed by atoms with van der Waals surface area (Å²) < 4.78 is 43.8. The smallest absolute Gasteiger partial charge is 0.314 e. The molecule has 0 aliphatic heterocycles. The molecule has 0 fully saturated rings. The van der Waals surface area contributed by atoms with Crippen molar-refractivity contribution in [1.82, 2.24) is 9.78 Å². The van der Waals surface area contributed by atoms with Crippen molar-refractivity contribution in [1.29, 1.82) is 0 Å². The van der Waals surface area contributed by atoms with Crippen LogP contribution in [0.2, 0.25) is 0 Å². The largest absolute Gasteiger partial charge is 0.487 e. The summed E-state index contributed by atoms with van der Waals surface area (Å²) in [6, 6.07) is 11.6. The van der Waals surface area contributed by atoms with Gasteiger partial charge in [-0.1, -0.05) is 25.1 Å². The second-order valence-electron chi connectivity index (χ2n) is 7.32. The molecular formula is C23H23FN2O4S. The Morgan fingerprint density at radius 2 is 1.81 bits per heavy atom. The normalized spacial score (nSPS) is 12.4. The highest BCUT2D eigenvalue weighted by atomic mass is 32.2. The van der Waals surface area contributed by atoms with Gasteiger partial charge in [0, 0.05) is 11.8 Å². The van der Waals surface area contributed by atoms with E-state index in [9.17, 15) is 17.6 Å². The summed E-state index contributed by atoms with van der Waals surface area (Å²) in [6.07, 6.45) is 5.11. The Bertz CT molecular complexity index is 1230. The Morgan fingerprint density at radius 1 is 1.16 bits per heavy atom. The summed E-state index contributed by atoms with van der Waals surface area (Å²) in [5, 5.41) is 4.22. The highest BCUT2D eigenvalue weighted by molar-refractivity contribution is 7.90. The van der Waals surface area contributed by atoms with Crippen LogP contribution in [-0.4, -0.2) is 31.1 Å². The van der Waals surface area contributed by atoms with E-state index in [4.69, 9.17) is 4.74 Å². The van der Waals surface area contributed by atoms with Crippen LogP contribution in [0.5, 0.6) is 5.75 Å². The quantitative estimate of drug-likeness (QED) is 0.492. The van der Waals surface area contributed by atoms with Crippen molar-refractivity contribution in [2.24, 2.45) is 5.92 Å². The Labute approximate surface area is 180 Å². The molecule has 2 aromatic carbocycles. The third-order valence-corrected chi connectivity index (χ3v) is 5.81. The standard InChI is InChI=1S/C23H23FN2O4S/c1-4-5-16(2)15-30-22-21(17-6-12-20(13-7-17)31(3,28)29)14-25-26(23(22)27)19-10-8-18(24)9-11-19/h4,6-14,16H,1,5,15H2,2-3H3. The fraction of sp³-hybridized carbons (Fsp3) is 0.217. The van der Waals surface area contributed by atoms with Crippen LogP contribution in [0.1, 0.15) is 13.3 Å².